The highest BCUT2D eigenvalue weighted by Crippen LogP contribution is 2.19. The number of hydrogen-bond donors (Lipinski definition) is 2. The Hall–Kier alpha value is -1.88. The average Bonchev–Trinajstić information content (AvgIpc) is 2.66. The highest BCUT2D eigenvalue weighted by Gasteiger charge is 2.06. The van der Waals surface area contributed by atoms with E-state index in [0.29, 0.717) is 17.3 Å². The van der Waals surface area contributed by atoms with Gasteiger partial charge < -0.3 is 15.4 Å². The molecule has 0 spiro atoms. The van der Waals surface area contributed by atoms with Crippen molar-refractivity contribution in [1.82, 2.24) is 10.1 Å². The molecule has 5 heteroatoms. The largest absolute Gasteiger partial charge is 0.508 e. The average molecular weight is 191 g/mol. The molecule has 0 fully saturated rings. The number of nitrogens with two attached hydrogens (primary N) is 1. The number of phenols is 1. The Kier molecular flexibility index (Phi) is 2.16. The van der Waals surface area contributed by atoms with Crippen molar-refractivity contribution in [3.05, 3.63) is 30.2 Å². The molecule has 2 aromatic rings. The molecule has 0 amide bonds. The molecule has 0 radical (unpaired) electrons. The van der Waals surface area contributed by atoms with Gasteiger partial charge in [-0.15, -0.1) is 0 Å². The van der Waals surface area contributed by atoms with Gasteiger partial charge in [-0.05, 0) is 12.1 Å². The molecule has 0 aliphatic heterocycles. The van der Waals surface area contributed by atoms with Crippen molar-refractivity contribution in [2.24, 2.45) is 5.73 Å². The fourth-order valence-electron chi connectivity index (χ4n) is 1.10. The van der Waals surface area contributed by atoms with Gasteiger partial charge in [-0.2, -0.15) is 4.98 Å². The first kappa shape index (κ1) is 8.71. The summed E-state index contributed by atoms with van der Waals surface area (Å²) in [5.74, 6) is 0.978. The van der Waals surface area contributed by atoms with E-state index in [4.69, 9.17) is 10.3 Å². The van der Waals surface area contributed by atoms with E-state index in [0.717, 1.165) is 0 Å². The summed E-state index contributed by atoms with van der Waals surface area (Å²) in [6.45, 7) is 0.214. The molecule has 0 aliphatic carbocycles. The number of hydrogen-bond acceptors (Lipinski definition) is 5. The number of nitrogens with zero attached hydrogens (tertiary/aromatic N) is 2. The second-order valence-corrected chi connectivity index (χ2v) is 2.77. The zero-order valence-corrected chi connectivity index (χ0v) is 7.34. The third-order valence-corrected chi connectivity index (χ3v) is 1.75. The Labute approximate surface area is 80.2 Å². The summed E-state index contributed by atoms with van der Waals surface area (Å²) >= 11 is 0. The standard InChI is InChI=1S/C9H9N3O2/c10-5-8-11-9(12-14-8)6-2-1-3-7(13)4-6/h1-4,13H,5,10H2. The maximum Gasteiger partial charge on any atom is 0.240 e. The molecular formula is C9H9N3O2. The predicted octanol–water partition coefficient (Wildman–Crippen LogP) is 0.901. The van der Waals surface area contributed by atoms with Crippen LogP contribution in [0, 0.1) is 0 Å². The molecule has 1 aromatic carbocycles. The Bertz CT molecular complexity index is 439. The summed E-state index contributed by atoms with van der Waals surface area (Å²) in [5.41, 5.74) is 6.03. The molecule has 0 unspecified atom stereocenters. The van der Waals surface area contributed by atoms with Crippen molar-refractivity contribution in [2.45, 2.75) is 6.54 Å². The minimum Gasteiger partial charge on any atom is -0.508 e. The lowest BCUT2D eigenvalue weighted by Gasteiger charge is -1.94. The Morgan fingerprint density at radius 2 is 2.29 bits per heavy atom. The van der Waals surface area contributed by atoms with Crippen molar-refractivity contribution in [2.75, 3.05) is 0 Å². The molecule has 14 heavy (non-hydrogen) atoms. The van der Waals surface area contributed by atoms with Gasteiger partial charge in [0, 0.05) is 5.56 Å². The van der Waals surface area contributed by atoms with Crippen molar-refractivity contribution < 1.29 is 9.63 Å². The molecule has 0 aliphatic rings. The van der Waals surface area contributed by atoms with Gasteiger partial charge in [0.15, 0.2) is 0 Å². The van der Waals surface area contributed by atoms with Crippen molar-refractivity contribution in [1.29, 1.82) is 0 Å². The first-order chi connectivity index (χ1) is 6.79. The Morgan fingerprint density at radius 1 is 1.43 bits per heavy atom. The molecule has 0 bridgehead atoms. The van der Waals surface area contributed by atoms with E-state index in [1.165, 1.54) is 0 Å². The van der Waals surface area contributed by atoms with Crippen LogP contribution in [0.4, 0.5) is 0 Å². The fraction of sp³-hybridized carbons (Fsp3) is 0.111. The van der Waals surface area contributed by atoms with Gasteiger partial charge in [-0.1, -0.05) is 17.3 Å². The van der Waals surface area contributed by atoms with Crippen LogP contribution < -0.4 is 5.73 Å². The highest BCUT2D eigenvalue weighted by molar-refractivity contribution is 5.56. The molecule has 0 saturated carbocycles. The second kappa shape index (κ2) is 3.47. The number of aromatic nitrogens is 2. The number of benzene rings is 1. The minimum atomic E-state index is 0.168. The van der Waals surface area contributed by atoms with Crippen LogP contribution in [0.2, 0.25) is 0 Å². The Balaban J connectivity index is 2.39. The smallest absolute Gasteiger partial charge is 0.240 e. The van der Waals surface area contributed by atoms with Gasteiger partial charge in [-0.25, -0.2) is 0 Å². The summed E-state index contributed by atoms with van der Waals surface area (Å²) in [6.07, 6.45) is 0. The third kappa shape index (κ3) is 1.57. The maximum atomic E-state index is 9.23. The van der Waals surface area contributed by atoms with Gasteiger partial charge >= 0.3 is 0 Å². The summed E-state index contributed by atoms with van der Waals surface area (Å²) in [5, 5.41) is 12.9. The molecular weight excluding hydrogens is 182 g/mol. The van der Waals surface area contributed by atoms with E-state index in [1.54, 1.807) is 24.3 Å². The lowest BCUT2D eigenvalue weighted by atomic mass is 10.2. The Morgan fingerprint density at radius 3 is 2.93 bits per heavy atom. The topological polar surface area (TPSA) is 85.2 Å². The van der Waals surface area contributed by atoms with Crippen LogP contribution in [0.5, 0.6) is 5.75 Å². The van der Waals surface area contributed by atoms with E-state index in [-0.39, 0.29) is 12.3 Å². The fourth-order valence-corrected chi connectivity index (χ4v) is 1.10. The van der Waals surface area contributed by atoms with Crippen LogP contribution in [0.25, 0.3) is 11.4 Å². The number of aromatic hydroxyl groups is 1. The molecule has 3 N–H and O–H groups in total. The van der Waals surface area contributed by atoms with E-state index in [9.17, 15) is 5.11 Å². The van der Waals surface area contributed by atoms with Gasteiger partial charge in [0.25, 0.3) is 0 Å². The number of phenolic OH excluding ortho intramolecular Hbond substituents is 1. The quantitative estimate of drug-likeness (QED) is 0.736. The van der Waals surface area contributed by atoms with E-state index < -0.39 is 0 Å². The van der Waals surface area contributed by atoms with Crippen LogP contribution in [-0.4, -0.2) is 15.2 Å². The zero-order chi connectivity index (χ0) is 9.97. The lowest BCUT2D eigenvalue weighted by molar-refractivity contribution is 0.380. The molecule has 0 saturated heterocycles. The molecule has 1 aromatic heterocycles. The SMILES string of the molecule is NCc1nc(-c2cccc(O)c2)no1. The molecule has 5 nitrogen and oxygen atoms in total. The van der Waals surface area contributed by atoms with Gasteiger partial charge in [0.2, 0.25) is 11.7 Å². The van der Waals surface area contributed by atoms with Crippen LogP contribution in [-0.2, 0) is 6.54 Å². The van der Waals surface area contributed by atoms with Gasteiger partial charge in [0.05, 0.1) is 6.54 Å². The van der Waals surface area contributed by atoms with Crippen molar-refractivity contribution in [3.63, 3.8) is 0 Å². The summed E-state index contributed by atoms with van der Waals surface area (Å²) in [6, 6.07) is 6.63. The highest BCUT2D eigenvalue weighted by atomic mass is 16.5. The van der Waals surface area contributed by atoms with Gasteiger partial charge in [0.1, 0.15) is 5.75 Å². The first-order valence-corrected chi connectivity index (χ1v) is 4.11. The summed E-state index contributed by atoms with van der Waals surface area (Å²) in [7, 11) is 0. The molecule has 1 heterocycles. The summed E-state index contributed by atoms with van der Waals surface area (Å²) in [4.78, 5) is 4.03. The zero-order valence-electron chi connectivity index (χ0n) is 7.34. The first-order valence-electron chi connectivity index (χ1n) is 4.11. The van der Waals surface area contributed by atoms with Crippen molar-refractivity contribution >= 4 is 0 Å². The molecule has 72 valence electrons. The number of rotatable bonds is 2. The third-order valence-electron chi connectivity index (χ3n) is 1.75. The van der Waals surface area contributed by atoms with Crippen LogP contribution in [0.3, 0.4) is 0 Å². The lowest BCUT2D eigenvalue weighted by Crippen LogP contribution is -1.95. The minimum absolute atomic E-state index is 0.168. The van der Waals surface area contributed by atoms with E-state index in [1.807, 2.05) is 0 Å². The monoisotopic (exact) mass is 191 g/mol. The van der Waals surface area contributed by atoms with Crippen LogP contribution in [0.15, 0.2) is 28.8 Å². The maximum absolute atomic E-state index is 9.23. The van der Waals surface area contributed by atoms with Crippen LogP contribution in [0.1, 0.15) is 5.89 Å². The van der Waals surface area contributed by atoms with Crippen LogP contribution >= 0.6 is 0 Å². The predicted molar refractivity (Wildman–Crippen MR) is 49.3 cm³/mol. The van der Waals surface area contributed by atoms with E-state index >= 15 is 0 Å². The van der Waals surface area contributed by atoms with E-state index in [2.05, 4.69) is 10.1 Å². The molecule has 0 atom stereocenters. The normalized spacial score (nSPS) is 10.4. The van der Waals surface area contributed by atoms with Gasteiger partial charge in [-0.3, -0.25) is 0 Å². The van der Waals surface area contributed by atoms with Crippen molar-refractivity contribution in [3.8, 4) is 17.1 Å². The molecule has 2 rings (SSSR count). The second-order valence-electron chi connectivity index (χ2n) is 2.77. The summed E-state index contributed by atoms with van der Waals surface area (Å²) < 4.78 is 4.84.